The van der Waals surface area contributed by atoms with Crippen molar-refractivity contribution in [2.75, 3.05) is 6.26 Å². The fourth-order valence-corrected chi connectivity index (χ4v) is 3.15. The molecule has 0 unspecified atom stereocenters. The zero-order valence-corrected chi connectivity index (χ0v) is 16.2. The van der Waals surface area contributed by atoms with E-state index in [9.17, 15) is 0 Å². The second-order valence-electron chi connectivity index (χ2n) is 6.65. The Morgan fingerprint density at radius 3 is 1.88 bits per heavy atom. The summed E-state index contributed by atoms with van der Waals surface area (Å²) in [6.07, 6.45) is 2.10. The molecule has 3 aromatic rings. The number of hydrogen-bond acceptors (Lipinski definition) is 1. The summed E-state index contributed by atoms with van der Waals surface area (Å²) in [7, 11) is 0. The summed E-state index contributed by atoms with van der Waals surface area (Å²) in [6.45, 7) is 8.91. The quantitative estimate of drug-likeness (QED) is 0.446. The Morgan fingerprint density at radius 1 is 0.667 bits per heavy atom. The number of rotatable bonds is 3. The second-order valence-corrected chi connectivity index (χ2v) is 7.53. The van der Waals surface area contributed by atoms with E-state index < -0.39 is 0 Å². The highest BCUT2D eigenvalue weighted by molar-refractivity contribution is 7.98. The third-order valence-corrected chi connectivity index (χ3v) is 4.97. The van der Waals surface area contributed by atoms with Gasteiger partial charge in [-0.25, -0.2) is 0 Å². The molecule has 0 spiro atoms. The standard InChI is InChI=1S/C13H14.C10H14S/c1-10(2)12-9-5-7-11-6-3-4-8-13(11)12;1-8(2)9-4-6-10(11-3)7-5-9/h3-10H,1-2H3;4-8H,1-3H3. The SMILES string of the molecule is CC(C)c1cccc2ccccc12.CSc1ccc(C(C)C)cc1. The third-order valence-electron chi connectivity index (χ3n) is 4.23. The van der Waals surface area contributed by atoms with E-state index >= 15 is 0 Å². The maximum absolute atomic E-state index is 2.24. The normalized spacial score (nSPS) is 10.8. The highest BCUT2D eigenvalue weighted by atomic mass is 32.2. The molecule has 0 N–H and O–H groups in total. The van der Waals surface area contributed by atoms with Crippen LogP contribution in [0.1, 0.15) is 50.7 Å². The molecule has 0 fully saturated rings. The molecule has 3 aromatic carbocycles. The topological polar surface area (TPSA) is 0 Å². The Balaban J connectivity index is 0.000000177. The summed E-state index contributed by atoms with van der Waals surface area (Å²) in [4.78, 5) is 1.34. The maximum Gasteiger partial charge on any atom is 0.00693 e. The van der Waals surface area contributed by atoms with Gasteiger partial charge in [0.15, 0.2) is 0 Å². The molecule has 0 heterocycles. The van der Waals surface area contributed by atoms with Gasteiger partial charge in [0.25, 0.3) is 0 Å². The first kappa shape index (κ1) is 18.6. The smallest absolute Gasteiger partial charge is 0.00693 e. The summed E-state index contributed by atoms with van der Waals surface area (Å²) in [5.74, 6) is 1.25. The fourth-order valence-electron chi connectivity index (χ4n) is 2.74. The maximum atomic E-state index is 2.24. The van der Waals surface area contributed by atoms with Gasteiger partial charge in [-0.05, 0) is 52.1 Å². The lowest BCUT2D eigenvalue weighted by Gasteiger charge is -2.08. The molecule has 0 nitrogen and oxygen atoms in total. The molecular weight excluding hydrogens is 308 g/mol. The first-order chi connectivity index (χ1) is 11.5. The summed E-state index contributed by atoms with van der Waals surface area (Å²) in [5.41, 5.74) is 2.86. The molecule has 0 saturated heterocycles. The molecule has 0 atom stereocenters. The molecular formula is C23H28S. The molecule has 0 amide bonds. The zero-order valence-electron chi connectivity index (χ0n) is 15.4. The van der Waals surface area contributed by atoms with Crippen LogP contribution >= 0.6 is 11.8 Å². The number of fused-ring (bicyclic) bond motifs is 1. The van der Waals surface area contributed by atoms with Crippen molar-refractivity contribution in [1.82, 2.24) is 0 Å². The highest BCUT2D eigenvalue weighted by Gasteiger charge is 2.02. The number of hydrogen-bond donors (Lipinski definition) is 0. The van der Waals surface area contributed by atoms with Crippen molar-refractivity contribution < 1.29 is 0 Å². The van der Waals surface area contributed by atoms with Gasteiger partial charge in [-0.1, -0.05) is 82.3 Å². The van der Waals surface area contributed by atoms with Gasteiger partial charge >= 0.3 is 0 Å². The Labute approximate surface area is 151 Å². The average Bonchev–Trinajstić information content (AvgIpc) is 2.61. The Kier molecular flexibility index (Phi) is 6.93. The van der Waals surface area contributed by atoms with Crippen LogP contribution in [0.3, 0.4) is 0 Å². The van der Waals surface area contributed by atoms with E-state index in [1.807, 2.05) is 0 Å². The van der Waals surface area contributed by atoms with E-state index in [2.05, 4.69) is 101 Å². The molecule has 0 saturated carbocycles. The van der Waals surface area contributed by atoms with Crippen LogP contribution in [0.25, 0.3) is 10.8 Å². The van der Waals surface area contributed by atoms with Crippen LogP contribution in [0.4, 0.5) is 0 Å². The van der Waals surface area contributed by atoms with Crippen LogP contribution < -0.4 is 0 Å². The van der Waals surface area contributed by atoms with Crippen LogP contribution in [0, 0.1) is 0 Å². The summed E-state index contributed by atoms with van der Waals surface area (Å²) in [6, 6.07) is 23.9. The van der Waals surface area contributed by atoms with Gasteiger partial charge in [0.2, 0.25) is 0 Å². The summed E-state index contributed by atoms with van der Waals surface area (Å²) in [5, 5.41) is 2.73. The van der Waals surface area contributed by atoms with Crippen LogP contribution in [-0.2, 0) is 0 Å². The van der Waals surface area contributed by atoms with Crippen molar-refractivity contribution in [2.45, 2.75) is 44.4 Å². The Bertz CT molecular complexity index is 749. The van der Waals surface area contributed by atoms with Gasteiger partial charge < -0.3 is 0 Å². The molecule has 0 aromatic heterocycles. The van der Waals surface area contributed by atoms with Gasteiger partial charge in [-0.15, -0.1) is 11.8 Å². The number of thioether (sulfide) groups is 1. The highest BCUT2D eigenvalue weighted by Crippen LogP contribution is 2.24. The summed E-state index contributed by atoms with van der Waals surface area (Å²) >= 11 is 1.79. The van der Waals surface area contributed by atoms with Crippen molar-refractivity contribution >= 4 is 22.5 Å². The van der Waals surface area contributed by atoms with E-state index in [1.165, 1.54) is 26.8 Å². The molecule has 0 aliphatic heterocycles. The largest absolute Gasteiger partial charge is 0.130 e. The first-order valence-electron chi connectivity index (χ1n) is 8.64. The van der Waals surface area contributed by atoms with E-state index in [4.69, 9.17) is 0 Å². The van der Waals surface area contributed by atoms with Crippen molar-refractivity contribution in [3.8, 4) is 0 Å². The van der Waals surface area contributed by atoms with Crippen molar-refractivity contribution in [3.05, 3.63) is 77.9 Å². The Hall–Kier alpha value is -1.73. The van der Waals surface area contributed by atoms with E-state index in [1.54, 1.807) is 11.8 Å². The third kappa shape index (κ3) is 4.88. The second kappa shape index (κ2) is 8.94. The molecule has 24 heavy (non-hydrogen) atoms. The lowest BCUT2D eigenvalue weighted by Crippen LogP contribution is -1.88. The van der Waals surface area contributed by atoms with Crippen molar-refractivity contribution in [3.63, 3.8) is 0 Å². The minimum Gasteiger partial charge on any atom is -0.130 e. The molecule has 0 aliphatic carbocycles. The first-order valence-corrected chi connectivity index (χ1v) is 9.87. The molecule has 1 heteroatoms. The van der Waals surface area contributed by atoms with Gasteiger partial charge in [0.05, 0.1) is 0 Å². The van der Waals surface area contributed by atoms with Crippen molar-refractivity contribution in [2.24, 2.45) is 0 Å². The molecule has 0 aliphatic rings. The molecule has 0 radical (unpaired) electrons. The van der Waals surface area contributed by atoms with E-state index in [-0.39, 0.29) is 0 Å². The lowest BCUT2D eigenvalue weighted by molar-refractivity contribution is 0.865. The number of benzene rings is 3. The van der Waals surface area contributed by atoms with E-state index in [0.717, 1.165) is 0 Å². The molecule has 126 valence electrons. The lowest BCUT2D eigenvalue weighted by atomic mass is 9.96. The average molecular weight is 337 g/mol. The summed E-state index contributed by atoms with van der Waals surface area (Å²) < 4.78 is 0. The fraction of sp³-hybridized carbons (Fsp3) is 0.304. The van der Waals surface area contributed by atoms with Crippen LogP contribution in [0.2, 0.25) is 0 Å². The molecule has 3 rings (SSSR count). The van der Waals surface area contributed by atoms with Crippen LogP contribution in [-0.4, -0.2) is 6.26 Å². The predicted octanol–water partition coefficient (Wildman–Crippen LogP) is 7.50. The zero-order chi connectivity index (χ0) is 17.5. The van der Waals surface area contributed by atoms with Crippen LogP contribution in [0.15, 0.2) is 71.6 Å². The van der Waals surface area contributed by atoms with Crippen molar-refractivity contribution in [1.29, 1.82) is 0 Å². The van der Waals surface area contributed by atoms with Gasteiger partial charge in [-0.2, -0.15) is 0 Å². The predicted molar refractivity (Wildman–Crippen MR) is 110 cm³/mol. The molecule has 0 bridgehead atoms. The Morgan fingerprint density at radius 2 is 1.29 bits per heavy atom. The monoisotopic (exact) mass is 336 g/mol. The van der Waals surface area contributed by atoms with Gasteiger partial charge in [-0.3, -0.25) is 0 Å². The van der Waals surface area contributed by atoms with Gasteiger partial charge in [0.1, 0.15) is 0 Å². The van der Waals surface area contributed by atoms with Gasteiger partial charge in [0, 0.05) is 4.90 Å². The van der Waals surface area contributed by atoms with Crippen LogP contribution in [0.5, 0.6) is 0 Å². The minimum absolute atomic E-state index is 0.603. The van der Waals surface area contributed by atoms with E-state index in [0.29, 0.717) is 11.8 Å². The minimum atomic E-state index is 0.603.